The summed E-state index contributed by atoms with van der Waals surface area (Å²) in [7, 11) is 0. The van der Waals surface area contributed by atoms with E-state index in [1.807, 2.05) is 12.1 Å². The number of anilines is 1. The fourth-order valence-corrected chi connectivity index (χ4v) is 2.17. The summed E-state index contributed by atoms with van der Waals surface area (Å²) in [4.78, 5) is 20.0. The number of carbonyl (C=O) groups is 1. The second-order valence-corrected chi connectivity index (χ2v) is 5.25. The summed E-state index contributed by atoms with van der Waals surface area (Å²) >= 11 is 7.95. The van der Waals surface area contributed by atoms with Crippen molar-refractivity contribution in [3.05, 3.63) is 50.3 Å². The largest absolute Gasteiger partial charge is 0.290 e. The first-order valence-corrected chi connectivity index (χ1v) is 6.58. The third-order valence-corrected chi connectivity index (χ3v) is 3.00. The van der Waals surface area contributed by atoms with Crippen LogP contribution in [0.1, 0.15) is 16.1 Å². The van der Waals surface area contributed by atoms with E-state index < -0.39 is 0 Å². The molecule has 1 amide bonds. The van der Waals surface area contributed by atoms with Crippen LogP contribution in [0.5, 0.6) is 0 Å². The smallest absolute Gasteiger partial charge is 0.258 e. The lowest BCUT2D eigenvalue weighted by Gasteiger charge is -2.05. The lowest BCUT2D eigenvalue weighted by molar-refractivity contribution is 0.102. The van der Waals surface area contributed by atoms with Crippen LogP contribution in [0.25, 0.3) is 0 Å². The molecule has 0 aliphatic heterocycles. The van der Waals surface area contributed by atoms with Crippen molar-refractivity contribution in [2.24, 2.45) is 0 Å². The summed E-state index contributed by atoms with van der Waals surface area (Å²) in [5.41, 5.74) is 1.26. The molecule has 2 rings (SSSR count). The Morgan fingerprint density at radius 1 is 1.33 bits per heavy atom. The summed E-state index contributed by atoms with van der Waals surface area (Å²) in [6, 6.07) is 8.88. The van der Waals surface area contributed by atoms with Crippen molar-refractivity contribution in [2.45, 2.75) is 6.92 Å². The standard InChI is InChI=1S/C12H9ClIN3O/c1-7-5-10(13)16-12(15-7)17-11(18)8-3-2-4-9(14)6-8/h2-6H,1H3,(H,15,16,17,18). The summed E-state index contributed by atoms with van der Waals surface area (Å²) in [5, 5.41) is 2.92. The van der Waals surface area contributed by atoms with Gasteiger partial charge in [-0.25, -0.2) is 9.97 Å². The maximum Gasteiger partial charge on any atom is 0.258 e. The molecule has 0 atom stereocenters. The predicted molar refractivity (Wildman–Crippen MR) is 78.9 cm³/mol. The zero-order valence-electron chi connectivity index (χ0n) is 9.45. The number of rotatable bonds is 2. The normalized spacial score (nSPS) is 10.2. The molecule has 4 nitrogen and oxygen atoms in total. The molecule has 0 aliphatic carbocycles. The third-order valence-electron chi connectivity index (χ3n) is 2.14. The van der Waals surface area contributed by atoms with Crippen molar-refractivity contribution in [2.75, 3.05) is 5.32 Å². The van der Waals surface area contributed by atoms with Crippen molar-refractivity contribution in [1.82, 2.24) is 9.97 Å². The third kappa shape index (κ3) is 3.39. The average molecular weight is 374 g/mol. The molecule has 1 N–H and O–H groups in total. The van der Waals surface area contributed by atoms with Crippen LogP contribution in [-0.4, -0.2) is 15.9 Å². The highest BCUT2D eigenvalue weighted by molar-refractivity contribution is 14.1. The van der Waals surface area contributed by atoms with Crippen LogP contribution in [0.3, 0.4) is 0 Å². The number of carbonyl (C=O) groups excluding carboxylic acids is 1. The van der Waals surface area contributed by atoms with E-state index in [-0.39, 0.29) is 11.9 Å². The Kier molecular flexibility index (Phi) is 4.13. The van der Waals surface area contributed by atoms with Gasteiger partial charge in [-0.2, -0.15) is 0 Å². The molecular formula is C12H9ClIN3O. The molecule has 1 heterocycles. The average Bonchev–Trinajstić information content (AvgIpc) is 2.27. The van der Waals surface area contributed by atoms with Gasteiger partial charge in [0.25, 0.3) is 5.91 Å². The molecule has 0 spiro atoms. The number of aromatic nitrogens is 2. The van der Waals surface area contributed by atoms with Gasteiger partial charge in [-0.3, -0.25) is 10.1 Å². The first kappa shape index (κ1) is 13.2. The van der Waals surface area contributed by atoms with Crippen LogP contribution in [0.15, 0.2) is 30.3 Å². The predicted octanol–water partition coefficient (Wildman–Crippen LogP) is 3.30. The van der Waals surface area contributed by atoms with E-state index in [0.29, 0.717) is 16.4 Å². The van der Waals surface area contributed by atoms with Crippen LogP contribution >= 0.6 is 34.2 Å². The second kappa shape index (κ2) is 5.62. The van der Waals surface area contributed by atoms with Crippen LogP contribution < -0.4 is 5.32 Å². The Bertz CT molecular complexity index is 583. The molecule has 1 aromatic heterocycles. The van der Waals surface area contributed by atoms with Crippen molar-refractivity contribution in [3.8, 4) is 0 Å². The molecule has 0 saturated heterocycles. The number of halogens is 2. The van der Waals surface area contributed by atoms with Gasteiger partial charge in [-0.1, -0.05) is 17.7 Å². The Morgan fingerprint density at radius 2 is 2.11 bits per heavy atom. The topological polar surface area (TPSA) is 54.9 Å². The molecule has 92 valence electrons. The molecule has 1 aromatic carbocycles. The van der Waals surface area contributed by atoms with E-state index >= 15 is 0 Å². The van der Waals surface area contributed by atoms with E-state index in [1.165, 1.54) is 0 Å². The second-order valence-electron chi connectivity index (χ2n) is 3.62. The molecule has 0 unspecified atom stereocenters. The molecule has 0 bridgehead atoms. The Balaban J connectivity index is 2.21. The molecule has 0 fully saturated rings. The zero-order valence-corrected chi connectivity index (χ0v) is 12.4. The van der Waals surface area contributed by atoms with Gasteiger partial charge in [0.05, 0.1) is 0 Å². The first-order chi connectivity index (χ1) is 8.54. The highest BCUT2D eigenvalue weighted by Gasteiger charge is 2.09. The monoisotopic (exact) mass is 373 g/mol. The molecular weight excluding hydrogens is 365 g/mol. The van der Waals surface area contributed by atoms with E-state index in [2.05, 4.69) is 37.9 Å². The lowest BCUT2D eigenvalue weighted by Crippen LogP contribution is -2.14. The minimum absolute atomic E-state index is 0.212. The number of nitrogens with one attached hydrogen (secondary N) is 1. The summed E-state index contributed by atoms with van der Waals surface area (Å²) in [6.45, 7) is 1.79. The van der Waals surface area contributed by atoms with Crippen molar-refractivity contribution < 1.29 is 4.79 Å². The fourth-order valence-electron chi connectivity index (χ4n) is 1.39. The fraction of sp³-hybridized carbons (Fsp3) is 0.0833. The molecule has 6 heteroatoms. The lowest BCUT2D eigenvalue weighted by atomic mass is 10.2. The van der Waals surface area contributed by atoms with E-state index in [4.69, 9.17) is 11.6 Å². The SMILES string of the molecule is Cc1cc(Cl)nc(NC(=O)c2cccc(I)c2)n1. The molecule has 0 radical (unpaired) electrons. The minimum Gasteiger partial charge on any atom is -0.290 e. The maximum absolute atomic E-state index is 12.0. The highest BCUT2D eigenvalue weighted by Crippen LogP contribution is 2.12. The Labute approximate surface area is 123 Å². The quantitative estimate of drug-likeness (QED) is 0.649. The number of aryl methyl sites for hydroxylation is 1. The van der Waals surface area contributed by atoms with Gasteiger partial charge in [-0.05, 0) is 53.8 Å². The van der Waals surface area contributed by atoms with Gasteiger partial charge in [0.2, 0.25) is 5.95 Å². The molecule has 2 aromatic rings. The van der Waals surface area contributed by atoms with Crippen molar-refractivity contribution in [1.29, 1.82) is 0 Å². The van der Waals surface area contributed by atoms with Crippen LogP contribution in [-0.2, 0) is 0 Å². The van der Waals surface area contributed by atoms with Gasteiger partial charge >= 0.3 is 0 Å². The summed E-state index contributed by atoms with van der Waals surface area (Å²) < 4.78 is 0.989. The highest BCUT2D eigenvalue weighted by atomic mass is 127. The van der Waals surface area contributed by atoms with Crippen LogP contribution in [0.2, 0.25) is 5.15 Å². The molecule has 0 saturated carbocycles. The zero-order chi connectivity index (χ0) is 13.1. The summed E-state index contributed by atoms with van der Waals surface area (Å²) in [6.07, 6.45) is 0. The Hall–Kier alpha value is -1.21. The van der Waals surface area contributed by atoms with Crippen molar-refractivity contribution in [3.63, 3.8) is 0 Å². The van der Waals surface area contributed by atoms with E-state index in [9.17, 15) is 4.79 Å². The van der Waals surface area contributed by atoms with Gasteiger partial charge in [0, 0.05) is 14.8 Å². The first-order valence-electron chi connectivity index (χ1n) is 5.13. The van der Waals surface area contributed by atoms with Gasteiger partial charge in [-0.15, -0.1) is 0 Å². The number of benzene rings is 1. The molecule has 0 aliphatic rings. The maximum atomic E-state index is 12.0. The number of amides is 1. The summed E-state index contributed by atoms with van der Waals surface area (Å²) in [5.74, 6) is -0.0426. The van der Waals surface area contributed by atoms with Crippen molar-refractivity contribution >= 4 is 46.0 Å². The van der Waals surface area contributed by atoms with Gasteiger partial charge in [0.15, 0.2) is 0 Å². The Morgan fingerprint density at radius 3 is 2.78 bits per heavy atom. The van der Waals surface area contributed by atoms with Gasteiger partial charge < -0.3 is 0 Å². The van der Waals surface area contributed by atoms with Crippen LogP contribution in [0.4, 0.5) is 5.95 Å². The number of hydrogen-bond donors (Lipinski definition) is 1. The van der Waals surface area contributed by atoms with E-state index in [0.717, 1.165) is 3.57 Å². The van der Waals surface area contributed by atoms with E-state index in [1.54, 1.807) is 25.1 Å². The number of nitrogens with zero attached hydrogens (tertiary/aromatic N) is 2. The molecule has 18 heavy (non-hydrogen) atoms. The van der Waals surface area contributed by atoms with Gasteiger partial charge in [0.1, 0.15) is 5.15 Å². The minimum atomic E-state index is -0.254. The number of hydrogen-bond acceptors (Lipinski definition) is 3. The van der Waals surface area contributed by atoms with Crippen LogP contribution in [0, 0.1) is 10.5 Å².